The summed E-state index contributed by atoms with van der Waals surface area (Å²) in [5, 5.41) is 11.1. The summed E-state index contributed by atoms with van der Waals surface area (Å²) in [4.78, 5) is 6.08. The molecule has 0 radical (unpaired) electrons. The van der Waals surface area contributed by atoms with Crippen LogP contribution in [0.4, 0.5) is 8.78 Å². The van der Waals surface area contributed by atoms with E-state index in [0.29, 0.717) is 44.3 Å². The van der Waals surface area contributed by atoms with Crippen molar-refractivity contribution in [3.63, 3.8) is 0 Å². The zero-order valence-corrected chi connectivity index (χ0v) is 19.5. The molecule has 1 N–H and O–H groups in total. The highest BCUT2D eigenvalue weighted by molar-refractivity contribution is 5.43. The Morgan fingerprint density at radius 1 is 1.11 bits per heavy atom. The molecule has 1 aliphatic heterocycles. The predicted molar refractivity (Wildman–Crippen MR) is 124 cm³/mol. The first-order valence-corrected chi connectivity index (χ1v) is 11.3. The van der Waals surface area contributed by atoms with Gasteiger partial charge in [0.25, 0.3) is 0 Å². The van der Waals surface area contributed by atoms with Gasteiger partial charge in [-0.25, -0.2) is 13.8 Å². The smallest absolute Gasteiger partial charge is 0.162 e. The Bertz CT molecular complexity index is 1100. The van der Waals surface area contributed by atoms with E-state index in [-0.39, 0.29) is 25.5 Å². The molecular formula is C25H29F2N3O5. The van der Waals surface area contributed by atoms with Crippen LogP contribution in [0.15, 0.2) is 55.1 Å². The fourth-order valence-electron chi connectivity index (χ4n) is 3.87. The maximum atomic E-state index is 13.5. The summed E-state index contributed by atoms with van der Waals surface area (Å²) >= 11 is 0. The van der Waals surface area contributed by atoms with Gasteiger partial charge in [0.15, 0.2) is 23.1 Å². The van der Waals surface area contributed by atoms with Crippen LogP contribution >= 0.6 is 0 Å². The molecule has 10 heteroatoms. The molecule has 188 valence electrons. The Labute approximate surface area is 202 Å². The standard InChI is InChI=1S/C25H29F2N3O5/c1-32-23-5-2-19(12-24(23)34-11-9-29-7-6-28-18-29)14-30-8-10-33-16-25(31,15-30)17-35-20-3-4-21(26)22(27)13-20/h2-7,12-13,18,31H,8-11,14-17H2,1H3/t25-/m0/s1. The van der Waals surface area contributed by atoms with E-state index in [9.17, 15) is 13.9 Å². The van der Waals surface area contributed by atoms with Crippen molar-refractivity contribution in [2.75, 3.05) is 46.6 Å². The Morgan fingerprint density at radius 3 is 2.77 bits per heavy atom. The lowest BCUT2D eigenvalue weighted by Gasteiger charge is -2.30. The van der Waals surface area contributed by atoms with Crippen LogP contribution in [0.1, 0.15) is 5.56 Å². The number of β-amino-alcohol motifs (C(OH)–C–C–N with tert-alkyl or cyclic N) is 1. The van der Waals surface area contributed by atoms with Gasteiger partial charge in [-0.15, -0.1) is 0 Å². The average molecular weight is 490 g/mol. The lowest BCUT2D eigenvalue weighted by Crippen LogP contribution is -2.48. The van der Waals surface area contributed by atoms with Gasteiger partial charge >= 0.3 is 0 Å². The molecule has 0 aliphatic carbocycles. The number of imidazole rings is 1. The third kappa shape index (κ3) is 6.91. The molecule has 1 atom stereocenters. The minimum atomic E-state index is -1.32. The van der Waals surface area contributed by atoms with Crippen LogP contribution in [0.3, 0.4) is 0 Å². The minimum Gasteiger partial charge on any atom is -0.493 e. The largest absolute Gasteiger partial charge is 0.493 e. The monoisotopic (exact) mass is 489 g/mol. The van der Waals surface area contributed by atoms with Gasteiger partial charge in [-0.1, -0.05) is 6.07 Å². The van der Waals surface area contributed by atoms with E-state index < -0.39 is 17.2 Å². The molecule has 8 nitrogen and oxygen atoms in total. The molecule has 0 spiro atoms. The van der Waals surface area contributed by atoms with Crippen molar-refractivity contribution < 1.29 is 32.8 Å². The Balaban J connectivity index is 1.38. The molecule has 1 saturated heterocycles. The van der Waals surface area contributed by atoms with Crippen molar-refractivity contribution in [3.05, 3.63) is 72.3 Å². The van der Waals surface area contributed by atoms with Gasteiger partial charge in [0.1, 0.15) is 24.6 Å². The number of ether oxygens (including phenoxy) is 4. The van der Waals surface area contributed by atoms with Crippen molar-refractivity contribution in [2.24, 2.45) is 0 Å². The Kier molecular flexibility index (Phi) is 8.17. The van der Waals surface area contributed by atoms with Gasteiger partial charge in [-0.05, 0) is 29.8 Å². The highest BCUT2D eigenvalue weighted by atomic mass is 19.2. The summed E-state index contributed by atoms with van der Waals surface area (Å²) in [6.07, 6.45) is 5.32. The number of benzene rings is 2. The fraction of sp³-hybridized carbons (Fsp3) is 0.400. The Morgan fingerprint density at radius 2 is 2.00 bits per heavy atom. The second-order valence-electron chi connectivity index (χ2n) is 8.49. The second-order valence-corrected chi connectivity index (χ2v) is 8.49. The van der Waals surface area contributed by atoms with Crippen molar-refractivity contribution in [1.29, 1.82) is 0 Å². The molecule has 1 aromatic heterocycles. The van der Waals surface area contributed by atoms with Gasteiger partial charge in [0.05, 0.1) is 33.2 Å². The number of hydrogen-bond acceptors (Lipinski definition) is 7. The van der Waals surface area contributed by atoms with E-state index >= 15 is 0 Å². The van der Waals surface area contributed by atoms with E-state index in [2.05, 4.69) is 9.88 Å². The quantitative estimate of drug-likeness (QED) is 0.469. The number of hydrogen-bond donors (Lipinski definition) is 1. The molecule has 0 saturated carbocycles. The van der Waals surface area contributed by atoms with Crippen LogP contribution in [0, 0.1) is 11.6 Å². The third-order valence-corrected chi connectivity index (χ3v) is 5.64. The van der Waals surface area contributed by atoms with Gasteiger partial charge in [-0.2, -0.15) is 0 Å². The molecule has 2 aromatic carbocycles. The molecule has 3 aromatic rings. The van der Waals surface area contributed by atoms with E-state index in [1.807, 2.05) is 29.0 Å². The lowest BCUT2D eigenvalue weighted by molar-refractivity contribution is -0.0647. The van der Waals surface area contributed by atoms with Crippen LogP contribution in [0.2, 0.25) is 0 Å². The van der Waals surface area contributed by atoms with Crippen molar-refractivity contribution in [2.45, 2.75) is 18.7 Å². The molecule has 0 bridgehead atoms. The molecule has 1 aliphatic rings. The van der Waals surface area contributed by atoms with Crippen molar-refractivity contribution >= 4 is 0 Å². The first kappa shape index (κ1) is 24.9. The number of aromatic nitrogens is 2. The second kappa shape index (κ2) is 11.5. The van der Waals surface area contributed by atoms with E-state index in [0.717, 1.165) is 17.7 Å². The third-order valence-electron chi connectivity index (χ3n) is 5.64. The van der Waals surface area contributed by atoms with Crippen LogP contribution in [0.5, 0.6) is 17.2 Å². The van der Waals surface area contributed by atoms with Crippen molar-refractivity contribution in [3.8, 4) is 17.2 Å². The van der Waals surface area contributed by atoms with E-state index in [1.165, 1.54) is 6.07 Å². The molecule has 35 heavy (non-hydrogen) atoms. The number of aliphatic hydroxyl groups is 1. The molecule has 4 rings (SSSR count). The van der Waals surface area contributed by atoms with E-state index in [1.54, 1.807) is 19.6 Å². The lowest BCUT2D eigenvalue weighted by atomic mass is 10.1. The van der Waals surface area contributed by atoms with Gasteiger partial charge in [0.2, 0.25) is 0 Å². The van der Waals surface area contributed by atoms with Gasteiger partial charge in [-0.3, -0.25) is 4.90 Å². The van der Waals surface area contributed by atoms with E-state index in [4.69, 9.17) is 18.9 Å². The summed E-state index contributed by atoms with van der Waals surface area (Å²) in [5.74, 6) is -0.552. The average Bonchev–Trinajstić information content (AvgIpc) is 3.29. The van der Waals surface area contributed by atoms with Crippen molar-refractivity contribution in [1.82, 2.24) is 14.5 Å². The van der Waals surface area contributed by atoms with Gasteiger partial charge < -0.3 is 28.6 Å². The Hall–Kier alpha value is -3.21. The fourth-order valence-corrected chi connectivity index (χ4v) is 3.87. The molecule has 0 amide bonds. The summed E-state index contributed by atoms with van der Waals surface area (Å²) < 4.78 is 51.1. The summed E-state index contributed by atoms with van der Waals surface area (Å²) in [6.45, 7) is 2.92. The molecule has 2 heterocycles. The van der Waals surface area contributed by atoms with Crippen LogP contribution in [0.25, 0.3) is 0 Å². The predicted octanol–water partition coefficient (Wildman–Crippen LogP) is 2.89. The zero-order chi connectivity index (χ0) is 24.7. The maximum Gasteiger partial charge on any atom is 0.162 e. The number of rotatable bonds is 10. The van der Waals surface area contributed by atoms with Crippen LogP contribution in [-0.4, -0.2) is 71.8 Å². The topological polar surface area (TPSA) is 78.2 Å². The number of halogens is 2. The first-order valence-electron chi connectivity index (χ1n) is 11.3. The molecular weight excluding hydrogens is 460 g/mol. The first-order chi connectivity index (χ1) is 16.9. The maximum absolute atomic E-state index is 13.5. The number of methoxy groups -OCH3 is 1. The summed E-state index contributed by atoms with van der Waals surface area (Å²) in [6, 6.07) is 9.00. The normalized spacial score (nSPS) is 18.7. The zero-order valence-electron chi connectivity index (χ0n) is 19.5. The SMILES string of the molecule is COc1ccc(CN2CCOC[C@](O)(COc3ccc(F)c(F)c3)C2)cc1OCCn1ccnc1. The minimum absolute atomic E-state index is 0.0679. The summed E-state index contributed by atoms with van der Waals surface area (Å²) in [7, 11) is 1.59. The van der Waals surface area contributed by atoms with Gasteiger partial charge in [0, 0.05) is 38.1 Å². The number of nitrogens with zero attached hydrogens (tertiary/aromatic N) is 3. The summed E-state index contributed by atoms with van der Waals surface area (Å²) in [5.41, 5.74) is -0.341. The van der Waals surface area contributed by atoms with Crippen LogP contribution in [-0.2, 0) is 17.8 Å². The van der Waals surface area contributed by atoms with Crippen LogP contribution < -0.4 is 14.2 Å². The highest BCUT2D eigenvalue weighted by Crippen LogP contribution is 2.29. The molecule has 0 unspecified atom stereocenters. The molecule has 1 fully saturated rings. The highest BCUT2D eigenvalue weighted by Gasteiger charge is 2.33.